The number of hydrogen-bond donors (Lipinski definition) is 0. The van der Waals surface area contributed by atoms with E-state index in [9.17, 15) is 4.79 Å². The number of allylic oxidation sites excluding steroid dienone is 1. The number of likely N-dealkylation sites (tertiary alicyclic amines) is 1. The number of fused-ring (bicyclic) bond motifs is 1. The second-order valence-electron chi connectivity index (χ2n) is 9.70. The highest BCUT2D eigenvalue weighted by Gasteiger charge is 2.27. The van der Waals surface area contributed by atoms with Gasteiger partial charge in [0.05, 0.1) is 11.3 Å². The predicted octanol–water partition coefficient (Wildman–Crippen LogP) is 6.63. The molecule has 3 aromatic rings. The summed E-state index contributed by atoms with van der Waals surface area (Å²) < 4.78 is 17.3. The van der Waals surface area contributed by atoms with Crippen LogP contribution >= 0.6 is 0 Å². The number of piperidine rings is 1. The van der Waals surface area contributed by atoms with Crippen LogP contribution in [0.2, 0.25) is 0 Å². The van der Waals surface area contributed by atoms with Crippen molar-refractivity contribution in [2.75, 3.05) is 13.1 Å². The smallest absolute Gasteiger partial charge is 0.410 e. The molecular weight excluding hydrogens is 430 g/mol. The van der Waals surface area contributed by atoms with Crippen LogP contribution in [0, 0.1) is 5.92 Å². The highest BCUT2D eigenvalue weighted by atomic mass is 16.6. The van der Waals surface area contributed by atoms with Gasteiger partial charge in [0.15, 0.2) is 5.58 Å². The summed E-state index contributed by atoms with van der Waals surface area (Å²) in [5.41, 5.74) is 2.08. The molecular formula is C27H33N3O4. The summed E-state index contributed by atoms with van der Waals surface area (Å²) in [6, 6.07) is 9.53. The molecule has 0 N–H and O–H groups in total. The molecule has 1 aliphatic heterocycles. The third-order valence-corrected chi connectivity index (χ3v) is 5.96. The van der Waals surface area contributed by atoms with Gasteiger partial charge in [0.25, 0.3) is 0 Å². The fourth-order valence-electron chi connectivity index (χ4n) is 4.24. The van der Waals surface area contributed by atoms with Crippen molar-refractivity contribution in [2.24, 2.45) is 5.92 Å². The summed E-state index contributed by atoms with van der Waals surface area (Å²) in [4.78, 5) is 18.4. The molecule has 7 nitrogen and oxygen atoms in total. The Morgan fingerprint density at radius 3 is 2.68 bits per heavy atom. The summed E-state index contributed by atoms with van der Waals surface area (Å²) in [5.74, 6) is 1.76. The van der Waals surface area contributed by atoms with E-state index in [1.807, 2.05) is 75.1 Å². The zero-order chi connectivity index (χ0) is 24.1. The molecule has 0 unspecified atom stereocenters. The molecule has 0 spiro atoms. The van der Waals surface area contributed by atoms with Crippen LogP contribution in [0.3, 0.4) is 0 Å². The van der Waals surface area contributed by atoms with Crippen molar-refractivity contribution in [3.05, 3.63) is 53.9 Å². The van der Waals surface area contributed by atoms with Crippen molar-refractivity contribution < 1.29 is 18.8 Å². The molecule has 0 saturated carbocycles. The number of aromatic nitrogens is 2. The van der Waals surface area contributed by atoms with Crippen LogP contribution in [-0.2, 0) is 11.2 Å². The number of aryl methyl sites for hydroxylation is 1. The van der Waals surface area contributed by atoms with E-state index in [0.29, 0.717) is 17.5 Å². The molecule has 1 fully saturated rings. The predicted molar refractivity (Wildman–Crippen MR) is 132 cm³/mol. The number of rotatable bonds is 6. The summed E-state index contributed by atoms with van der Waals surface area (Å²) in [7, 11) is 0. The maximum absolute atomic E-state index is 12.3. The van der Waals surface area contributed by atoms with Gasteiger partial charge in [0.1, 0.15) is 11.4 Å². The quantitative estimate of drug-likeness (QED) is 0.408. The van der Waals surface area contributed by atoms with Gasteiger partial charge in [0, 0.05) is 30.7 Å². The number of nitrogens with zero attached hydrogens (tertiary/aromatic N) is 3. The number of carbonyl (C=O) groups excluding carboxylic acids is 1. The minimum atomic E-state index is -0.462. The van der Waals surface area contributed by atoms with Crippen LogP contribution in [0.4, 0.5) is 4.79 Å². The summed E-state index contributed by atoms with van der Waals surface area (Å²) in [6.07, 6.45) is 9.21. The molecule has 0 bridgehead atoms. The monoisotopic (exact) mass is 463 g/mol. The molecule has 1 aromatic carbocycles. The first-order valence-corrected chi connectivity index (χ1v) is 11.9. The van der Waals surface area contributed by atoms with Gasteiger partial charge in [-0.1, -0.05) is 23.4 Å². The Labute approximate surface area is 200 Å². The van der Waals surface area contributed by atoms with Crippen LogP contribution < -0.4 is 4.74 Å². The van der Waals surface area contributed by atoms with Crippen LogP contribution in [0.1, 0.15) is 58.2 Å². The van der Waals surface area contributed by atoms with Gasteiger partial charge in [0.2, 0.25) is 5.88 Å². The Balaban J connectivity index is 1.41. The van der Waals surface area contributed by atoms with E-state index >= 15 is 0 Å². The number of pyridine rings is 1. The standard InChI is InChI=1S/C27H33N3O4/c1-5-8-21-23(32-24-9-6-7-16-28-24)13-11-20-22(29-34-25(20)21)12-10-19-14-17-30(18-15-19)26(31)33-27(2,3)4/h5-9,11,13,16,19H,10,12,14-15,17-18H2,1-4H3/b8-5+. The topological polar surface area (TPSA) is 77.7 Å². The summed E-state index contributed by atoms with van der Waals surface area (Å²) >= 11 is 0. The Kier molecular flexibility index (Phi) is 7.20. The first kappa shape index (κ1) is 23.8. The van der Waals surface area contributed by atoms with Gasteiger partial charge in [-0.05, 0) is 77.5 Å². The van der Waals surface area contributed by atoms with E-state index in [2.05, 4.69) is 10.1 Å². The Bertz CT molecular complexity index is 1140. The molecule has 0 aliphatic carbocycles. The Morgan fingerprint density at radius 1 is 1.21 bits per heavy atom. The van der Waals surface area contributed by atoms with E-state index in [-0.39, 0.29) is 6.09 Å². The van der Waals surface area contributed by atoms with Gasteiger partial charge < -0.3 is 18.9 Å². The van der Waals surface area contributed by atoms with E-state index < -0.39 is 5.60 Å². The molecule has 2 aromatic heterocycles. The SMILES string of the molecule is C/C=C/c1c(Oc2ccccn2)ccc2c(CCC3CCN(C(=O)OC(C)(C)C)CC3)noc12. The van der Waals surface area contributed by atoms with Gasteiger partial charge in [-0.2, -0.15) is 0 Å². The summed E-state index contributed by atoms with van der Waals surface area (Å²) in [5, 5.41) is 5.40. The average molecular weight is 464 g/mol. The normalized spacial score (nSPS) is 15.2. The zero-order valence-corrected chi connectivity index (χ0v) is 20.4. The molecule has 180 valence electrons. The number of hydrogen-bond acceptors (Lipinski definition) is 6. The highest BCUT2D eigenvalue weighted by molar-refractivity contribution is 5.90. The molecule has 3 heterocycles. The van der Waals surface area contributed by atoms with Crippen LogP contribution in [0.5, 0.6) is 11.6 Å². The fraction of sp³-hybridized carbons (Fsp3) is 0.444. The van der Waals surface area contributed by atoms with Crippen molar-refractivity contribution in [2.45, 2.75) is 59.0 Å². The van der Waals surface area contributed by atoms with Gasteiger partial charge in [-0.25, -0.2) is 9.78 Å². The molecule has 34 heavy (non-hydrogen) atoms. The first-order chi connectivity index (χ1) is 16.3. The molecule has 1 saturated heterocycles. The zero-order valence-electron chi connectivity index (χ0n) is 20.4. The fourth-order valence-corrected chi connectivity index (χ4v) is 4.24. The molecule has 4 rings (SSSR count). The molecule has 0 atom stereocenters. The molecule has 7 heteroatoms. The largest absolute Gasteiger partial charge is 0.444 e. The van der Waals surface area contributed by atoms with E-state index in [1.54, 1.807) is 6.20 Å². The maximum Gasteiger partial charge on any atom is 0.410 e. The minimum Gasteiger partial charge on any atom is -0.444 e. The van der Waals surface area contributed by atoms with Crippen molar-refractivity contribution in [3.63, 3.8) is 0 Å². The van der Waals surface area contributed by atoms with E-state index in [4.69, 9.17) is 14.0 Å². The van der Waals surface area contributed by atoms with Crippen molar-refractivity contribution >= 4 is 23.1 Å². The summed E-state index contributed by atoms with van der Waals surface area (Å²) in [6.45, 7) is 9.13. The van der Waals surface area contributed by atoms with Crippen LogP contribution in [0.25, 0.3) is 17.0 Å². The Morgan fingerprint density at radius 2 is 2.00 bits per heavy atom. The average Bonchev–Trinajstić information content (AvgIpc) is 3.22. The third kappa shape index (κ3) is 5.76. The lowest BCUT2D eigenvalue weighted by Crippen LogP contribution is -2.41. The maximum atomic E-state index is 12.3. The van der Waals surface area contributed by atoms with E-state index in [1.165, 1.54) is 0 Å². The molecule has 1 amide bonds. The lowest BCUT2D eigenvalue weighted by molar-refractivity contribution is 0.0181. The lowest BCUT2D eigenvalue weighted by Gasteiger charge is -2.33. The van der Waals surface area contributed by atoms with Gasteiger partial charge in [-0.15, -0.1) is 0 Å². The second kappa shape index (κ2) is 10.3. The number of amides is 1. The van der Waals surface area contributed by atoms with Crippen molar-refractivity contribution in [3.8, 4) is 11.6 Å². The Hall–Kier alpha value is -3.35. The molecule has 0 radical (unpaired) electrons. The highest BCUT2D eigenvalue weighted by Crippen LogP contribution is 2.34. The first-order valence-electron chi connectivity index (χ1n) is 11.9. The van der Waals surface area contributed by atoms with Gasteiger partial charge in [-0.3, -0.25) is 0 Å². The lowest BCUT2D eigenvalue weighted by atomic mass is 9.91. The van der Waals surface area contributed by atoms with Crippen LogP contribution in [-0.4, -0.2) is 39.8 Å². The van der Waals surface area contributed by atoms with Crippen molar-refractivity contribution in [1.29, 1.82) is 0 Å². The third-order valence-electron chi connectivity index (χ3n) is 5.96. The van der Waals surface area contributed by atoms with Gasteiger partial charge >= 0.3 is 6.09 Å². The minimum absolute atomic E-state index is 0.214. The second-order valence-corrected chi connectivity index (χ2v) is 9.70. The number of ether oxygens (including phenoxy) is 2. The number of carbonyl (C=O) groups is 1. The van der Waals surface area contributed by atoms with E-state index in [0.717, 1.165) is 61.0 Å². The molecule has 1 aliphatic rings. The van der Waals surface area contributed by atoms with Crippen molar-refractivity contribution in [1.82, 2.24) is 15.0 Å². The van der Waals surface area contributed by atoms with Crippen LogP contribution in [0.15, 0.2) is 47.1 Å². The number of benzene rings is 1.